The molecule has 0 bridgehead atoms. The van der Waals surface area contributed by atoms with Gasteiger partial charge in [0.25, 0.3) is 0 Å². The van der Waals surface area contributed by atoms with Crippen LogP contribution in [0.25, 0.3) is 0 Å². The van der Waals surface area contributed by atoms with Gasteiger partial charge in [-0.05, 0) is 43.9 Å². The van der Waals surface area contributed by atoms with Gasteiger partial charge in [0.15, 0.2) is 0 Å². The van der Waals surface area contributed by atoms with E-state index in [4.69, 9.17) is 4.98 Å². The minimum atomic E-state index is 0.607. The molecule has 1 N–H and O–H groups in total. The molecule has 5 nitrogen and oxygen atoms in total. The first-order valence-electron chi connectivity index (χ1n) is 8.60. The highest BCUT2D eigenvalue weighted by Crippen LogP contribution is 2.23. The molecular formula is C19H23N5. The van der Waals surface area contributed by atoms with Crippen molar-refractivity contribution in [2.24, 2.45) is 0 Å². The molecule has 1 aromatic carbocycles. The van der Waals surface area contributed by atoms with Crippen molar-refractivity contribution in [3.05, 3.63) is 41.1 Å². The summed E-state index contributed by atoms with van der Waals surface area (Å²) in [5.41, 5.74) is 3.55. The van der Waals surface area contributed by atoms with Gasteiger partial charge < -0.3 is 10.2 Å². The Bertz CT molecular complexity index is 757. The van der Waals surface area contributed by atoms with Gasteiger partial charge in [0.05, 0.1) is 11.6 Å². The van der Waals surface area contributed by atoms with E-state index in [-0.39, 0.29) is 0 Å². The molecule has 0 atom stereocenters. The molecule has 1 aliphatic heterocycles. The lowest BCUT2D eigenvalue weighted by Gasteiger charge is -2.18. The van der Waals surface area contributed by atoms with Crippen LogP contribution in [0, 0.1) is 18.3 Å². The van der Waals surface area contributed by atoms with Crippen molar-refractivity contribution < 1.29 is 0 Å². The van der Waals surface area contributed by atoms with E-state index >= 15 is 0 Å². The van der Waals surface area contributed by atoms with Crippen molar-refractivity contribution in [3.63, 3.8) is 0 Å². The number of aryl methyl sites for hydroxylation is 2. The Morgan fingerprint density at radius 1 is 1.21 bits per heavy atom. The number of aromatic nitrogens is 2. The third kappa shape index (κ3) is 3.65. The molecule has 1 aliphatic rings. The summed E-state index contributed by atoms with van der Waals surface area (Å²) in [6, 6.07) is 10.1. The summed E-state index contributed by atoms with van der Waals surface area (Å²) < 4.78 is 0. The molecule has 2 heterocycles. The molecule has 0 radical (unpaired) electrons. The summed E-state index contributed by atoms with van der Waals surface area (Å²) in [5, 5.41) is 12.5. The van der Waals surface area contributed by atoms with Gasteiger partial charge in [0, 0.05) is 30.5 Å². The molecule has 1 aromatic heterocycles. The average molecular weight is 321 g/mol. The lowest BCUT2D eigenvalue weighted by Crippen LogP contribution is -2.20. The van der Waals surface area contributed by atoms with Crippen molar-refractivity contribution in [1.82, 2.24) is 9.97 Å². The van der Waals surface area contributed by atoms with Crippen LogP contribution < -0.4 is 10.2 Å². The summed E-state index contributed by atoms with van der Waals surface area (Å²) in [6.45, 7) is 6.21. The summed E-state index contributed by atoms with van der Waals surface area (Å²) in [7, 11) is 0. The minimum Gasteiger partial charge on any atom is -0.356 e. The first-order chi connectivity index (χ1) is 11.7. The average Bonchev–Trinajstić information content (AvgIpc) is 3.11. The Morgan fingerprint density at radius 2 is 2.00 bits per heavy atom. The molecule has 0 aliphatic carbocycles. The highest BCUT2D eigenvalue weighted by Gasteiger charge is 2.16. The first kappa shape index (κ1) is 16.3. The number of anilines is 3. The fourth-order valence-electron chi connectivity index (χ4n) is 2.98. The zero-order valence-corrected chi connectivity index (χ0v) is 14.3. The molecule has 124 valence electrons. The molecule has 1 saturated heterocycles. The Balaban J connectivity index is 1.90. The molecule has 0 spiro atoms. The van der Waals surface area contributed by atoms with Crippen LogP contribution in [-0.4, -0.2) is 23.1 Å². The second-order valence-corrected chi connectivity index (χ2v) is 6.25. The molecule has 0 saturated carbocycles. The largest absolute Gasteiger partial charge is 0.356 e. The summed E-state index contributed by atoms with van der Waals surface area (Å²) in [6.07, 6.45) is 4.44. The minimum absolute atomic E-state index is 0.607. The van der Waals surface area contributed by atoms with Crippen molar-refractivity contribution in [2.75, 3.05) is 23.3 Å². The van der Waals surface area contributed by atoms with Crippen LogP contribution in [0.3, 0.4) is 0 Å². The molecule has 0 unspecified atom stereocenters. The van der Waals surface area contributed by atoms with E-state index in [0.29, 0.717) is 11.5 Å². The van der Waals surface area contributed by atoms with Crippen LogP contribution in [0.1, 0.15) is 43.0 Å². The normalized spacial score (nSPS) is 13.8. The number of hydrogen-bond acceptors (Lipinski definition) is 5. The number of benzene rings is 1. The van der Waals surface area contributed by atoms with Crippen molar-refractivity contribution in [3.8, 4) is 6.07 Å². The predicted molar refractivity (Wildman–Crippen MR) is 96.7 cm³/mol. The van der Waals surface area contributed by atoms with Crippen LogP contribution in [0.5, 0.6) is 0 Å². The summed E-state index contributed by atoms with van der Waals surface area (Å²) in [5.74, 6) is 1.61. The van der Waals surface area contributed by atoms with E-state index in [1.807, 2.05) is 25.1 Å². The summed E-state index contributed by atoms with van der Waals surface area (Å²) >= 11 is 0. The van der Waals surface area contributed by atoms with Gasteiger partial charge >= 0.3 is 0 Å². The number of hydrogen-bond donors (Lipinski definition) is 1. The van der Waals surface area contributed by atoms with Crippen LogP contribution in [-0.2, 0) is 6.42 Å². The molecule has 0 amide bonds. The Morgan fingerprint density at radius 3 is 2.71 bits per heavy atom. The highest BCUT2D eigenvalue weighted by atomic mass is 15.2. The van der Waals surface area contributed by atoms with E-state index in [0.717, 1.165) is 48.7 Å². The highest BCUT2D eigenvalue weighted by molar-refractivity contribution is 5.59. The quantitative estimate of drug-likeness (QED) is 0.903. The van der Waals surface area contributed by atoms with E-state index < -0.39 is 0 Å². The van der Waals surface area contributed by atoms with E-state index in [1.54, 1.807) is 0 Å². The second-order valence-electron chi connectivity index (χ2n) is 6.25. The van der Waals surface area contributed by atoms with Gasteiger partial charge in [0.2, 0.25) is 5.95 Å². The lowest BCUT2D eigenvalue weighted by molar-refractivity contribution is 0.859. The molecule has 2 aromatic rings. The van der Waals surface area contributed by atoms with E-state index in [2.05, 4.69) is 34.3 Å². The SMILES string of the molecule is CCCc1cc(N2CCCC2)nc(Nc2ccc(C)c(C#N)c2)n1. The van der Waals surface area contributed by atoms with Gasteiger partial charge in [-0.15, -0.1) is 0 Å². The van der Waals surface area contributed by atoms with Gasteiger partial charge in [-0.1, -0.05) is 19.4 Å². The third-order valence-corrected chi connectivity index (χ3v) is 4.32. The molecule has 1 fully saturated rings. The summed E-state index contributed by atoms with van der Waals surface area (Å²) in [4.78, 5) is 11.6. The maximum absolute atomic E-state index is 9.20. The fourth-order valence-corrected chi connectivity index (χ4v) is 2.98. The number of nitriles is 1. The van der Waals surface area contributed by atoms with Crippen molar-refractivity contribution in [2.45, 2.75) is 39.5 Å². The standard InChI is InChI=1S/C19H23N5/c1-3-6-16-12-18(24-9-4-5-10-24)23-19(21-16)22-17-8-7-14(2)15(11-17)13-20/h7-8,11-12H,3-6,9-10H2,1-2H3,(H,21,22,23). The number of nitrogens with one attached hydrogen (secondary N) is 1. The number of nitrogens with zero attached hydrogens (tertiary/aromatic N) is 4. The topological polar surface area (TPSA) is 64.8 Å². The molecular weight excluding hydrogens is 298 g/mol. The van der Waals surface area contributed by atoms with Crippen molar-refractivity contribution in [1.29, 1.82) is 5.26 Å². The van der Waals surface area contributed by atoms with E-state index in [1.165, 1.54) is 12.8 Å². The first-order valence-corrected chi connectivity index (χ1v) is 8.60. The lowest BCUT2D eigenvalue weighted by atomic mass is 10.1. The van der Waals surface area contributed by atoms with Gasteiger partial charge in [0.1, 0.15) is 5.82 Å². The van der Waals surface area contributed by atoms with Crippen molar-refractivity contribution >= 4 is 17.5 Å². The zero-order chi connectivity index (χ0) is 16.9. The monoisotopic (exact) mass is 321 g/mol. The second kappa shape index (κ2) is 7.31. The maximum Gasteiger partial charge on any atom is 0.229 e. The van der Waals surface area contributed by atoms with Crippen LogP contribution in [0.2, 0.25) is 0 Å². The van der Waals surface area contributed by atoms with E-state index in [9.17, 15) is 5.26 Å². The zero-order valence-electron chi connectivity index (χ0n) is 14.3. The van der Waals surface area contributed by atoms with Gasteiger partial charge in [-0.3, -0.25) is 0 Å². The third-order valence-electron chi connectivity index (χ3n) is 4.32. The van der Waals surface area contributed by atoms with Gasteiger partial charge in [-0.2, -0.15) is 10.2 Å². The predicted octanol–water partition coefficient (Wildman–Crippen LogP) is 3.95. The van der Waals surface area contributed by atoms with Crippen LogP contribution >= 0.6 is 0 Å². The van der Waals surface area contributed by atoms with Crippen LogP contribution in [0.15, 0.2) is 24.3 Å². The molecule has 3 rings (SSSR count). The van der Waals surface area contributed by atoms with Crippen LogP contribution in [0.4, 0.5) is 17.5 Å². The van der Waals surface area contributed by atoms with Gasteiger partial charge in [-0.25, -0.2) is 4.98 Å². The smallest absolute Gasteiger partial charge is 0.229 e. The molecule has 5 heteroatoms. The Hall–Kier alpha value is -2.61. The maximum atomic E-state index is 9.20. The fraction of sp³-hybridized carbons (Fsp3) is 0.421. The Kier molecular flexibility index (Phi) is 4.95. The Labute approximate surface area is 143 Å². The molecule has 24 heavy (non-hydrogen) atoms. The number of rotatable bonds is 5.